The Balaban J connectivity index is 2.87. The summed E-state index contributed by atoms with van der Waals surface area (Å²) in [5.41, 5.74) is 1.25. The van der Waals surface area contributed by atoms with E-state index in [1.54, 1.807) is 0 Å². The second-order valence-corrected chi connectivity index (χ2v) is 6.12. The van der Waals surface area contributed by atoms with E-state index in [9.17, 15) is 0 Å². The summed E-state index contributed by atoms with van der Waals surface area (Å²) in [6.45, 7) is 11.3. The van der Waals surface area contributed by atoms with Crippen molar-refractivity contribution in [2.24, 2.45) is 0 Å². The topological polar surface area (TPSA) is 37.8 Å². The highest BCUT2D eigenvalue weighted by Crippen LogP contribution is 2.22. The van der Waals surface area contributed by atoms with Crippen LogP contribution >= 0.6 is 15.9 Å². The number of aromatic nitrogens is 2. The fraction of sp³-hybridized carbons (Fsp3) is 0.538. The van der Waals surface area contributed by atoms with Gasteiger partial charge in [0.05, 0.1) is 0 Å². The summed E-state index contributed by atoms with van der Waals surface area (Å²) in [5, 5.41) is 3.27. The van der Waals surface area contributed by atoms with Gasteiger partial charge in [0.25, 0.3) is 0 Å². The first kappa shape index (κ1) is 14.2. The maximum Gasteiger partial charge on any atom is 0.137 e. The maximum absolute atomic E-state index is 4.52. The molecular weight excluding hydrogens is 278 g/mol. The summed E-state index contributed by atoms with van der Waals surface area (Å²) in [6, 6.07) is 1.90. The van der Waals surface area contributed by atoms with Crippen molar-refractivity contribution in [3.05, 3.63) is 28.1 Å². The van der Waals surface area contributed by atoms with Crippen molar-refractivity contribution in [2.45, 2.75) is 40.0 Å². The van der Waals surface area contributed by atoms with Crippen LogP contribution in [0.2, 0.25) is 0 Å². The average molecular weight is 298 g/mol. The molecular formula is C13H20BrN3. The van der Waals surface area contributed by atoms with Crippen LogP contribution in [0.4, 0.5) is 5.82 Å². The lowest BCUT2D eigenvalue weighted by atomic mass is 9.96. The molecule has 94 valence electrons. The summed E-state index contributed by atoms with van der Waals surface area (Å²) in [5.74, 6) is 1.70. The molecule has 0 aromatic carbocycles. The lowest BCUT2D eigenvalue weighted by Gasteiger charge is -2.17. The second-order valence-electron chi connectivity index (χ2n) is 5.31. The Morgan fingerprint density at radius 3 is 2.53 bits per heavy atom. The third-order valence-corrected chi connectivity index (χ3v) is 2.57. The quantitative estimate of drug-likeness (QED) is 0.679. The standard InChI is InChI=1S/C13H20BrN3/c1-9(2)6-7-15-11-8-10(14)16-12(17-11)13(3,4)5/h6,8H,7H2,1-5H3,(H,15,16,17). The van der Waals surface area contributed by atoms with Crippen LogP contribution in [-0.2, 0) is 5.41 Å². The molecule has 1 heterocycles. The van der Waals surface area contributed by atoms with Gasteiger partial charge in [-0.25, -0.2) is 9.97 Å². The normalized spacial score (nSPS) is 11.2. The smallest absolute Gasteiger partial charge is 0.137 e. The zero-order chi connectivity index (χ0) is 13.1. The zero-order valence-corrected chi connectivity index (χ0v) is 12.7. The molecule has 0 fully saturated rings. The van der Waals surface area contributed by atoms with Crippen molar-refractivity contribution in [2.75, 3.05) is 11.9 Å². The average Bonchev–Trinajstić information content (AvgIpc) is 2.14. The summed E-state index contributed by atoms with van der Waals surface area (Å²) in [4.78, 5) is 8.92. The van der Waals surface area contributed by atoms with Crippen LogP contribution in [0, 0.1) is 0 Å². The van der Waals surface area contributed by atoms with Gasteiger partial charge in [0, 0.05) is 18.0 Å². The first-order chi connectivity index (χ1) is 7.79. The molecule has 17 heavy (non-hydrogen) atoms. The van der Waals surface area contributed by atoms with Crippen molar-refractivity contribution in [1.29, 1.82) is 0 Å². The van der Waals surface area contributed by atoms with Gasteiger partial charge in [-0.05, 0) is 29.8 Å². The lowest BCUT2D eigenvalue weighted by Crippen LogP contribution is -2.17. The molecule has 0 aliphatic carbocycles. The van der Waals surface area contributed by atoms with E-state index in [1.165, 1.54) is 5.57 Å². The number of anilines is 1. The lowest BCUT2D eigenvalue weighted by molar-refractivity contribution is 0.544. The van der Waals surface area contributed by atoms with E-state index in [4.69, 9.17) is 0 Å². The molecule has 0 spiro atoms. The first-order valence-corrected chi connectivity index (χ1v) is 6.50. The number of nitrogens with zero attached hydrogens (tertiary/aromatic N) is 2. The minimum absolute atomic E-state index is 0.0449. The number of halogens is 1. The number of allylic oxidation sites excluding steroid dienone is 1. The second kappa shape index (κ2) is 5.63. The third-order valence-electron chi connectivity index (χ3n) is 2.16. The van der Waals surface area contributed by atoms with Crippen molar-refractivity contribution >= 4 is 21.7 Å². The SMILES string of the molecule is CC(C)=CCNc1cc(Br)nc(C(C)(C)C)n1. The molecule has 1 rings (SSSR count). The van der Waals surface area contributed by atoms with Crippen LogP contribution in [-0.4, -0.2) is 16.5 Å². The zero-order valence-electron chi connectivity index (χ0n) is 11.1. The van der Waals surface area contributed by atoms with E-state index < -0.39 is 0 Å². The highest BCUT2D eigenvalue weighted by molar-refractivity contribution is 9.10. The maximum atomic E-state index is 4.52. The van der Waals surface area contributed by atoms with Crippen molar-refractivity contribution in [3.8, 4) is 0 Å². The molecule has 0 radical (unpaired) electrons. The van der Waals surface area contributed by atoms with Crippen LogP contribution in [0.1, 0.15) is 40.4 Å². The van der Waals surface area contributed by atoms with Crippen LogP contribution in [0.3, 0.4) is 0 Å². The fourth-order valence-electron chi connectivity index (χ4n) is 1.20. The van der Waals surface area contributed by atoms with Gasteiger partial charge in [-0.3, -0.25) is 0 Å². The molecule has 0 unspecified atom stereocenters. The van der Waals surface area contributed by atoms with Crippen LogP contribution in [0.15, 0.2) is 22.3 Å². The molecule has 1 aromatic rings. The predicted molar refractivity (Wildman–Crippen MR) is 76.4 cm³/mol. The van der Waals surface area contributed by atoms with Crippen LogP contribution in [0.5, 0.6) is 0 Å². The first-order valence-electron chi connectivity index (χ1n) is 5.71. The van der Waals surface area contributed by atoms with Crippen molar-refractivity contribution < 1.29 is 0 Å². The fourth-order valence-corrected chi connectivity index (χ4v) is 1.59. The van der Waals surface area contributed by atoms with E-state index in [0.717, 1.165) is 22.8 Å². The summed E-state index contributed by atoms with van der Waals surface area (Å²) in [7, 11) is 0. The van der Waals surface area contributed by atoms with Gasteiger partial charge in [0.15, 0.2) is 0 Å². The van der Waals surface area contributed by atoms with Gasteiger partial charge in [0.2, 0.25) is 0 Å². The number of nitrogens with one attached hydrogen (secondary N) is 1. The Labute approximate surface area is 112 Å². The molecule has 0 amide bonds. The van der Waals surface area contributed by atoms with Gasteiger partial charge in [-0.2, -0.15) is 0 Å². The van der Waals surface area contributed by atoms with Crippen molar-refractivity contribution in [3.63, 3.8) is 0 Å². The van der Waals surface area contributed by atoms with Crippen LogP contribution in [0.25, 0.3) is 0 Å². The van der Waals surface area contributed by atoms with Crippen LogP contribution < -0.4 is 5.32 Å². The predicted octanol–water partition coefficient (Wildman–Crippen LogP) is 3.91. The van der Waals surface area contributed by atoms with E-state index in [0.29, 0.717) is 0 Å². The largest absolute Gasteiger partial charge is 0.366 e. The van der Waals surface area contributed by atoms with Crippen molar-refractivity contribution in [1.82, 2.24) is 9.97 Å². The summed E-state index contributed by atoms with van der Waals surface area (Å²) >= 11 is 3.42. The molecule has 4 heteroatoms. The molecule has 0 atom stereocenters. The van der Waals surface area contributed by atoms with E-state index in [-0.39, 0.29) is 5.41 Å². The highest BCUT2D eigenvalue weighted by Gasteiger charge is 2.18. The minimum Gasteiger partial charge on any atom is -0.366 e. The summed E-state index contributed by atoms with van der Waals surface area (Å²) in [6.07, 6.45) is 2.13. The Morgan fingerprint density at radius 1 is 1.35 bits per heavy atom. The Kier molecular flexibility index (Phi) is 4.69. The number of rotatable bonds is 3. The van der Waals surface area contributed by atoms with Gasteiger partial charge < -0.3 is 5.32 Å². The molecule has 3 nitrogen and oxygen atoms in total. The van der Waals surface area contributed by atoms with Gasteiger partial charge in [-0.1, -0.05) is 32.4 Å². The monoisotopic (exact) mass is 297 g/mol. The Hall–Kier alpha value is -0.900. The Morgan fingerprint density at radius 2 is 2.00 bits per heavy atom. The van der Waals surface area contributed by atoms with E-state index in [1.807, 2.05) is 6.07 Å². The molecule has 0 bridgehead atoms. The third kappa shape index (κ3) is 4.86. The molecule has 0 aliphatic rings. The number of hydrogen-bond acceptors (Lipinski definition) is 3. The molecule has 1 aromatic heterocycles. The van der Waals surface area contributed by atoms with Gasteiger partial charge in [-0.15, -0.1) is 0 Å². The minimum atomic E-state index is -0.0449. The van der Waals surface area contributed by atoms with Gasteiger partial charge >= 0.3 is 0 Å². The molecule has 0 saturated heterocycles. The van der Waals surface area contributed by atoms with E-state index >= 15 is 0 Å². The molecule has 0 aliphatic heterocycles. The molecule has 0 saturated carbocycles. The van der Waals surface area contributed by atoms with Gasteiger partial charge in [0.1, 0.15) is 16.2 Å². The summed E-state index contributed by atoms with van der Waals surface area (Å²) < 4.78 is 0.817. The molecule has 1 N–H and O–H groups in total. The van der Waals surface area contributed by atoms with E-state index in [2.05, 4.69) is 71.9 Å². The Bertz CT molecular complexity index is 415. The number of hydrogen-bond donors (Lipinski definition) is 1. The highest BCUT2D eigenvalue weighted by atomic mass is 79.9.